The number of rotatable bonds is 4. The summed E-state index contributed by atoms with van der Waals surface area (Å²) in [6.07, 6.45) is -5.03. The van der Waals surface area contributed by atoms with Gasteiger partial charge in [-0.15, -0.1) is 0 Å². The fraction of sp³-hybridized carbons (Fsp3) is 0.143. The van der Waals surface area contributed by atoms with E-state index in [1.54, 1.807) is 17.4 Å². The van der Waals surface area contributed by atoms with Crippen molar-refractivity contribution >= 4 is 23.2 Å². The normalized spacial score (nSPS) is 12.5. The van der Waals surface area contributed by atoms with Gasteiger partial charge in [-0.3, -0.25) is 14.8 Å². The molecule has 1 unspecified atom stereocenters. The Morgan fingerprint density at radius 3 is 2.22 bits per heavy atom. The van der Waals surface area contributed by atoms with E-state index in [1.807, 2.05) is 16.8 Å². The van der Waals surface area contributed by atoms with Gasteiger partial charge in [-0.05, 0) is 40.1 Å². The van der Waals surface area contributed by atoms with Gasteiger partial charge in [0.25, 0.3) is 11.8 Å². The Morgan fingerprint density at radius 1 is 1.09 bits per heavy atom. The zero-order valence-corrected chi connectivity index (χ0v) is 12.2. The van der Waals surface area contributed by atoms with Crippen LogP contribution in [0.15, 0.2) is 41.1 Å². The SMILES string of the molecule is O=C(NC(C(=O)NO)C(F)(F)F)c1ccc(-c2ccsc2)cc1. The highest BCUT2D eigenvalue weighted by Crippen LogP contribution is 2.23. The van der Waals surface area contributed by atoms with Crippen molar-refractivity contribution in [2.75, 3.05) is 0 Å². The maximum Gasteiger partial charge on any atom is 0.417 e. The van der Waals surface area contributed by atoms with Gasteiger partial charge < -0.3 is 5.32 Å². The van der Waals surface area contributed by atoms with Crippen LogP contribution in [0.3, 0.4) is 0 Å². The number of hydrogen-bond acceptors (Lipinski definition) is 4. The molecule has 0 aliphatic heterocycles. The average molecular weight is 344 g/mol. The summed E-state index contributed by atoms with van der Waals surface area (Å²) >= 11 is 1.49. The minimum atomic E-state index is -5.03. The Labute approximate surface area is 132 Å². The second-order valence-electron chi connectivity index (χ2n) is 4.51. The summed E-state index contributed by atoms with van der Waals surface area (Å²) in [5.74, 6) is -2.84. The standard InChI is InChI=1S/C14H11F3N2O3S/c15-14(16,17)11(13(21)19-22)18-12(20)9-3-1-8(2-4-9)10-5-6-23-7-10/h1-7,11,22H,(H,18,20)(H,19,21). The number of benzene rings is 1. The molecular formula is C14H11F3N2O3S. The molecular weight excluding hydrogens is 333 g/mol. The minimum absolute atomic E-state index is 0.0380. The van der Waals surface area contributed by atoms with Crippen LogP contribution in [-0.2, 0) is 4.79 Å². The first-order valence-electron chi connectivity index (χ1n) is 6.27. The maximum absolute atomic E-state index is 12.7. The average Bonchev–Trinajstić information content (AvgIpc) is 3.05. The van der Waals surface area contributed by atoms with E-state index in [1.165, 1.54) is 23.5 Å². The molecule has 2 rings (SSSR count). The molecule has 1 atom stereocenters. The van der Waals surface area contributed by atoms with Crippen LogP contribution in [0.5, 0.6) is 0 Å². The van der Waals surface area contributed by atoms with E-state index >= 15 is 0 Å². The summed E-state index contributed by atoms with van der Waals surface area (Å²) in [4.78, 5) is 22.9. The van der Waals surface area contributed by atoms with Crippen molar-refractivity contribution in [1.82, 2.24) is 10.8 Å². The number of hydroxylamine groups is 1. The Kier molecular flexibility index (Phi) is 5.02. The summed E-state index contributed by atoms with van der Waals surface area (Å²) in [6, 6.07) is 4.92. The highest BCUT2D eigenvalue weighted by atomic mass is 32.1. The molecule has 1 aromatic carbocycles. The second-order valence-corrected chi connectivity index (χ2v) is 5.29. The molecule has 0 radical (unpaired) electrons. The molecule has 2 amide bonds. The molecule has 0 spiro atoms. The highest BCUT2D eigenvalue weighted by Gasteiger charge is 2.46. The van der Waals surface area contributed by atoms with E-state index in [-0.39, 0.29) is 5.56 Å². The van der Waals surface area contributed by atoms with Crippen molar-refractivity contribution in [3.8, 4) is 11.1 Å². The molecule has 122 valence electrons. The highest BCUT2D eigenvalue weighted by molar-refractivity contribution is 7.08. The van der Waals surface area contributed by atoms with Crippen LogP contribution < -0.4 is 10.8 Å². The van der Waals surface area contributed by atoms with Crippen LogP contribution in [0.25, 0.3) is 11.1 Å². The quantitative estimate of drug-likeness (QED) is 0.589. The summed E-state index contributed by atoms with van der Waals surface area (Å²) < 4.78 is 38.1. The van der Waals surface area contributed by atoms with Gasteiger partial charge in [-0.2, -0.15) is 24.5 Å². The van der Waals surface area contributed by atoms with E-state index in [4.69, 9.17) is 5.21 Å². The van der Waals surface area contributed by atoms with Gasteiger partial charge in [0.2, 0.25) is 6.04 Å². The van der Waals surface area contributed by atoms with Gasteiger partial charge in [0, 0.05) is 5.56 Å². The number of thiophene rings is 1. The summed E-state index contributed by atoms with van der Waals surface area (Å²) in [5.41, 5.74) is 2.58. The third-order valence-corrected chi connectivity index (χ3v) is 3.66. The Bertz CT molecular complexity index is 684. The summed E-state index contributed by atoms with van der Waals surface area (Å²) in [5, 5.41) is 13.7. The second kappa shape index (κ2) is 6.80. The van der Waals surface area contributed by atoms with E-state index in [0.29, 0.717) is 0 Å². The van der Waals surface area contributed by atoms with Crippen LogP contribution in [0.4, 0.5) is 13.2 Å². The Morgan fingerprint density at radius 2 is 1.74 bits per heavy atom. The maximum atomic E-state index is 12.7. The van der Waals surface area contributed by atoms with E-state index < -0.39 is 24.0 Å². The fourth-order valence-electron chi connectivity index (χ4n) is 1.82. The molecule has 23 heavy (non-hydrogen) atoms. The molecule has 2 aromatic rings. The Hall–Kier alpha value is -2.39. The molecule has 1 heterocycles. The number of hydrogen-bond donors (Lipinski definition) is 3. The number of carbonyl (C=O) groups is 2. The van der Waals surface area contributed by atoms with Crippen molar-refractivity contribution < 1.29 is 28.0 Å². The third kappa shape index (κ3) is 4.08. The van der Waals surface area contributed by atoms with Crippen LogP contribution >= 0.6 is 11.3 Å². The molecule has 0 saturated heterocycles. The molecule has 1 aromatic heterocycles. The van der Waals surface area contributed by atoms with Gasteiger partial charge >= 0.3 is 6.18 Å². The largest absolute Gasteiger partial charge is 0.417 e. The predicted molar refractivity (Wildman–Crippen MR) is 77.0 cm³/mol. The van der Waals surface area contributed by atoms with Gasteiger partial charge in [0.05, 0.1) is 0 Å². The number of amides is 2. The summed E-state index contributed by atoms with van der Waals surface area (Å²) in [6.45, 7) is 0. The van der Waals surface area contributed by atoms with Crippen LogP contribution in [0, 0.1) is 0 Å². The molecule has 0 bridgehead atoms. The molecule has 3 N–H and O–H groups in total. The lowest BCUT2D eigenvalue weighted by Gasteiger charge is -2.19. The van der Waals surface area contributed by atoms with E-state index in [9.17, 15) is 22.8 Å². The number of nitrogens with one attached hydrogen (secondary N) is 2. The van der Waals surface area contributed by atoms with Gasteiger partial charge in [0.15, 0.2) is 0 Å². The first kappa shape index (κ1) is 17.0. The number of halogens is 3. The fourth-order valence-corrected chi connectivity index (χ4v) is 2.48. The lowest BCUT2D eigenvalue weighted by atomic mass is 10.1. The topological polar surface area (TPSA) is 78.4 Å². The third-order valence-electron chi connectivity index (χ3n) is 2.98. The van der Waals surface area contributed by atoms with E-state index in [2.05, 4.69) is 0 Å². The zero-order valence-electron chi connectivity index (χ0n) is 11.4. The molecule has 5 nitrogen and oxygen atoms in total. The first-order chi connectivity index (χ1) is 10.8. The number of alkyl halides is 3. The first-order valence-corrected chi connectivity index (χ1v) is 7.21. The van der Waals surface area contributed by atoms with Crippen molar-refractivity contribution in [1.29, 1.82) is 0 Å². The smallest absolute Gasteiger partial charge is 0.333 e. The molecule has 0 saturated carbocycles. The lowest BCUT2D eigenvalue weighted by molar-refractivity contribution is -0.172. The van der Waals surface area contributed by atoms with Crippen molar-refractivity contribution in [2.45, 2.75) is 12.2 Å². The molecule has 9 heteroatoms. The summed E-state index contributed by atoms with van der Waals surface area (Å²) in [7, 11) is 0. The van der Waals surface area contributed by atoms with Crippen molar-refractivity contribution in [3.63, 3.8) is 0 Å². The van der Waals surface area contributed by atoms with Crippen LogP contribution in [0.2, 0.25) is 0 Å². The van der Waals surface area contributed by atoms with E-state index in [0.717, 1.165) is 16.6 Å². The lowest BCUT2D eigenvalue weighted by Crippen LogP contribution is -2.54. The van der Waals surface area contributed by atoms with Gasteiger partial charge in [-0.25, -0.2) is 5.48 Å². The minimum Gasteiger partial charge on any atom is -0.333 e. The molecule has 0 fully saturated rings. The van der Waals surface area contributed by atoms with Crippen molar-refractivity contribution in [3.05, 3.63) is 46.7 Å². The zero-order chi connectivity index (χ0) is 17.0. The number of carbonyl (C=O) groups excluding carboxylic acids is 2. The van der Waals surface area contributed by atoms with Crippen molar-refractivity contribution in [2.24, 2.45) is 0 Å². The van der Waals surface area contributed by atoms with Crippen LogP contribution in [-0.4, -0.2) is 29.2 Å². The monoisotopic (exact) mass is 344 g/mol. The predicted octanol–water partition coefficient (Wildman–Crippen LogP) is 2.58. The van der Waals surface area contributed by atoms with Gasteiger partial charge in [-0.1, -0.05) is 12.1 Å². The van der Waals surface area contributed by atoms with Gasteiger partial charge in [0.1, 0.15) is 0 Å². The molecule has 0 aliphatic rings. The van der Waals surface area contributed by atoms with Crippen LogP contribution in [0.1, 0.15) is 10.4 Å². The molecule has 0 aliphatic carbocycles. The Balaban J connectivity index is 2.15.